The maximum Gasteiger partial charge on any atom is 0.253 e. The van der Waals surface area contributed by atoms with Gasteiger partial charge in [-0.25, -0.2) is 8.42 Å². The molecule has 0 saturated carbocycles. The molecule has 1 aromatic carbocycles. The Bertz CT molecular complexity index is 749. The van der Waals surface area contributed by atoms with Gasteiger partial charge in [0.25, 0.3) is 5.91 Å². The molecule has 1 aliphatic heterocycles. The molecule has 7 heteroatoms. The van der Waals surface area contributed by atoms with Crippen LogP contribution in [0.25, 0.3) is 0 Å². The molecule has 1 amide bonds. The third kappa shape index (κ3) is 4.59. The van der Waals surface area contributed by atoms with Gasteiger partial charge in [0, 0.05) is 31.7 Å². The summed E-state index contributed by atoms with van der Waals surface area (Å²) in [6.45, 7) is 5.45. The van der Waals surface area contributed by atoms with Crippen LogP contribution in [0.15, 0.2) is 29.2 Å². The molecule has 1 unspecified atom stereocenters. The van der Waals surface area contributed by atoms with Crippen LogP contribution in [0.4, 0.5) is 0 Å². The molecule has 1 aromatic rings. The van der Waals surface area contributed by atoms with E-state index >= 15 is 0 Å². The number of amides is 1. The highest BCUT2D eigenvalue weighted by Gasteiger charge is 2.27. The van der Waals surface area contributed by atoms with Gasteiger partial charge < -0.3 is 4.90 Å². The van der Waals surface area contributed by atoms with E-state index in [1.165, 1.54) is 16.4 Å². The molecule has 6 nitrogen and oxygen atoms in total. The average molecular weight is 363 g/mol. The molecule has 0 bridgehead atoms. The molecule has 0 aliphatic carbocycles. The zero-order valence-electron chi connectivity index (χ0n) is 14.8. The number of rotatable bonds is 6. The standard InChI is InChI=1S/C18H25N3O3S/c1-3-20(14-15(2)13-19)18(22)16-8-7-9-17(12-16)25(23,24)21-10-5-4-6-11-21/h7-9,12,15H,3-6,10-11,14H2,1-2H3. The first-order valence-corrected chi connectivity index (χ1v) is 10.1. The molecule has 1 aliphatic rings. The van der Waals surface area contributed by atoms with Gasteiger partial charge in [0.15, 0.2) is 0 Å². The molecule has 1 fully saturated rings. The van der Waals surface area contributed by atoms with Crippen LogP contribution in [-0.2, 0) is 10.0 Å². The van der Waals surface area contributed by atoms with Crippen LogP contribution in [0.3, 0.4) is 0 Å². The maximum atomic E-state index is 12.8. The second kappa shape index (κ2) is 8.45. The molecule has 0 spiro atoms. The van der Waals surface area contributed by atoms with Crippen molar-refractivity contribution in [3.8, 4) is 6.07 Å². The smallest absolute Gasteiger partial charge is 0.253 e. The zero-order valence-corrected chi connectivity index (χ0v) is 15.6. The lowest BCUT2D eigenvalue weighted by atomic mass is 10.1. The van der Waals surface area contributed by atoms with Crippen LogP contribution in [-0.4, -0.2) is 49.7 Å². The first kappa shape index (κ1) is 19.4. The third-order valence-electron chi connectivity index (χ3n) is 4.42. The Morgan fingerprint density at radius 2 is 2.00 bits per heavy atom. The molecular formula is C18H25N3O3S. The van der Waals surface area contributed by atoms with E-state index in [2.05, 4.69) is 6.07 Å². The van der Waals surface area contributed by atoms with E-state index in [9.17, 15) is 13.2 Å². The fraction of sp³-hybridized carbons (Fsp3) is 0.556. The number of nitrogens with zero attached hydrogens (tertiary/aromatic N) is 3. The summed E-state index contributed by atoms with van der Waals surface area (Å²) in [5.41, 5.74) is 0.338. The van der Waals surface area contributed by atoms with Crippen LogP contribution in [0.5, 0.6) is 0 Å². The second-order valence-corrected chi connectivity index (χ2v) is 8.30. The highest BCUT2D eigenvalue weighted by atomic mass is 32.2. The number of sulfonamides is 1. The van der Waals surface area contributed by atoms with E-state index in [0.717, 1.165) is 19.3 Å². The predicted molar refractivity (Wildman–Crippen MR) is 95.4 cm³/mol. The van der Waals surface area contributed by atoms with Crippen molar-refractivity contribution in [2.75, 3.05) is 26.2 Å². The monoisotopic (exact) mass is 363 g/mol. The number of carbonyl (C=O) groups is 1. The Hall–Kier alpha value is -1.91. The fourth-order valence-electron chi connectivity index (χ4n) is 2.95. The summed E-state index contributed by atoms with van der Waals surface area (Å²) < 4.78 is 27.1. The SMILES string of the molecule is CCN(CC(C)C#N)C(=O)c1cccc(S(=O)(=O)N2CCCCC2)c1. The van der Waals surface area contributed by atoms with Gasteiger partial charge in [0.2, 0.25) is 10.0 Å². The summed E-state index contributed by atoms with van der Waals surface area (Å²) in [6.07, 6.45) is 2.79. The molecule has 25 heavy (non-hydrogen) atoms. The summed E-state index contributed by atoms with van der Waals surface area (Å²) in [6, 6.07) is 8.33. The molecule has 136 valence electrons. The molecule has 2 rings (SSSR count). The normalized spacial score (nSPS) is 16.8. The number of benzene rings is 1. The summed E-state index contributed by atoms with van der Waals surface area (Å²) in [5.74, 6) is -0.524. The quantitative estimate of drug-likeness (QED) is 0.777. The van der Waals surface area contributed by atoms with Crippen LogP contribution in [0.2, 0.25) is 0 Å². The van der Waals surface area contributed by atoms with Crippen molar-refractivity contribution in [2.24, 2.45) is 5.92 Å². The lowest BCUT2D eigenvalue weighted by molar-refractivity contribution is 0.0752. The molecule has 1 atom stereocenters. The Balaban J connectivity index is 2.25. The Morgan fingerprint density at radius 3 is 2.60 bits per heavy atom. The first-order chi connectivity index (χ1) is 11.9. The number of hydrogen-bond donors (Lipinski definition) is 0. The van der Waals surface area contributed by atoms with E-state index in [4.69, 9.17) is 5.26 Å². The van der Waals surface area contributed by atoms with Crippen molar-refractivity contribution in [1.82, 2.24) is 9.21 Å². The minimum Gasteiger partial charge on any atom is -0.338 e. The van der Waals surface area contributed by atoms with E-state index < -0.39 is 10.0 Å². The lowest BCUT2D eigenvalue weighted by Crippen LogP contribution is -2.36. The lowest BCUT2D eigenvalue weighted by Gasteiger charge is -2.26. The van der Waals surface area contributed by atoms with E-state index in [1.807, 2.05) is 6.92 Å². The Morgan fingerprint density at radius 1 is 1.32 bits per heavy atom. The van der Waals surface area contributed by atoms with E-state index in [0.29, 0.717) is 31.7 Å². The van der Waals surface area contributed by atoms with Crippen LogP contribution < -0.4 is 0 Å². The van der Waals surface area contributed by atoms with Crippen molar-refractivity contribution in [3.05, 3.63) is 29.8 Å². The van der Waals surface area contributed by atoms with Gasteiger partial charge in [-0.1, -0.05) is 12.5 Å². The third-order valence-corrected chi connectivity index (χ3v) is 6.31. The molecule has 0 N–H and O–H groups in total. The second-order valence-electron chi connectivity index (χ2n) is 6.37. The first-order valence-electron chi connectivity index (χ1n) is 8.69. The molecule has 1 heterocycles. The van der Waals surface area contributed by atoms with Crippen LogP contribution >= 0.6 is 0 Å². The predicted octanol–water partition coefficient (Wildman–Crippen LogP) is 2.48. The minimum atomic E-state index is -3.57. The minimum absolute atomic E-state index is 0.157. The summed E-state index contributed by atoms with van der Waals surface area (Å²) in [4.78, 5) is 14.4. The maximum absolute atomic E-state index is 12.8. The largest absolute Gasteiger partial charge is 0.338 e. The molecule has 1 saturated heterocycles. The molecule has 0 radical (unpaired) electrons. The van der Waals surface area contributed by atoms with Gasteiger partial charge in [-0.15, -0.1) is 0 Å². The van der Waals surface area contributed by atoms with Crippen LogP contribution in [0.1, 0.15) is 43.5 Å². The average Bonchev–Trinajstić information content (AvgIpc) is 2.66. The summed E-state index contributed by atoms with van der Waals surface area (Å²) >= 11 is 0. The van der Waals surface area contributed by atoms with E-state index in [1.54, 1.807) is 24.0 Å². The van der Waals surface area contributed by atoms with Crippen molar-refractivity contribution in [2.45, 2.75) is 38.0 Å². The van der Waals surface area contributed by atoms with Crippen molar-refractivity contribution in [1.29, 1.82) is 5.26 Å². The summed E-state index contributed by atoms with van der Waals surface area (Å²) in [7, 11) is -3.57. The van der Waals surface area contributed by atoms with Gasteiger partial charge in [-0.2, -0.15) is 9.57 Å². The van der Waals surface area contributed by atoms with E-state index in [-0.39, 0.29) is 16.7 Å². The Labute approximate surface area is 150 Å². The van der Waals surface area contributed by atoms with Gasteiger partial charge in [0.05, 0.1) is 16.9 Å². The molecule has 0 aromatic heterocycles. The fourth-order valence-corrected chi connectivity index (χ4v) is 4.52. The van der Waals surface area contributed by atoms with Crippen molar-refractivity contribution < 1.29 is 13.2 Å². The van der Waals surface area contributed by atoms with Crippen LogP contribution in [0, 0.1) is 17.2 Å². The van der Waals surface area contributed by atoms with Crippen molar-refractivity contribution in [3.63, 3.8) is 0 Å². The Kier molecular flexibility index (Phi) is 6.57. The molecular weight excluding hydrogens is 338 g/mol. The van der Waals surface area contributed by atoms with Crippen molar-refractivity contribution >= 4 is 15.9 Å². The van der Waals surface area contributed by atoms with Gasteiger partial charge in [0.1, 0.15) is 0 Å². The highest BCUT2D eigenvalue weighted by molar-refractivity contribution is 7.89. The number of piperidine rings is 1. The topological polar surface area (TPSA) is 81.5 Å². The number of nitriles is 1. The van der Waals surface area contributed by atoms with Gasteiger partial charge in [-0.3, -0.25) is 4.79 Å². The zero-order chi connectivity index (χ0) is 18.4. The van der Waals surface area contributed by atoms with Gasteiger partial charge >= 0.3 is 0 Å². The number of hydrogen-bond acceptors (Lipinski definition) is 4. The highest BCUT2D eigenvalue weighted by Crippen LogP contribution is 2.22. The van der Waals surface area contributed by atoms with Gasteiger partial charge in [-0.05, 0) is 44.9 Å². The summed E-state index contributed by atoms with van der Waals surface area (Å²) in [5, 5.41) is 8.95. The number of carbonyl (C=O) groups excluding carboxylic acids is 1.